The summed E-state index contributed by atoms with van der Waals surface area (Å²) in [5, 5.41) is 0.466. The molecule has 7 nitrogen and oxygen atoms in total. The molecule has 2 aromatic carbocycles. The van der Waals surface area contributed by atoms with Crippen molar-refractivity contribution in [2.24, 2.45) is 4.99 Å². The van der Waals surface area contributed by atoms with Crippen LogP contribution in [0.4, 0.5) is 0 Å². The molecule has 0 radical (unpaired) electrons. The minimum Gasteiger partial charge on any atom is -0.496 e. The number of cyclic esters (lactones) is 1. The molecule has 0 aromatic heterocycles. The average Bonchev–Trinajstić information content (AvgIpc) is 3.07. The molecule has 0 aliphatic carbocycles. The smallest absolute Gasteiger partial charge is 0.363 e. The molecule has 1 heterocycles. The van der Waals surface area contributed by atoms with E-state index < -0.39 is 5.97 Å². The molecule has 1 aliphatic heterocycles. The molecule has 0 fully saturated rings. The lowest BCUT2D eigenvalue weighted by Crippen LogP contribution is -2.07. The van der Waals surface area contributed by atoms with Crippen LogP contribution < -0.4 is 18.9 Å². The number of hydrogen-bond acceptors (Lipinski definition) is 7. The summed E-state index contributed by atoms with van der Waals surface area (Å²) < 4.78 is 26.6. The van der Waals surface area contributed by atoms with E-state index in [1.54, 1.807) is 36.4 Å². The number of rotatable bonds is 6. The fraction of sp³-hybridized carbons (Fsp3) is 0.200. The quantitative estimate of drug-likeness (QED) is 0.540. The summed E-state index contributed by atoms with van der Waals surface area (Å²) in [6.07, 6.45) is 1.55. The van der Waals surface area contributed by atoms with Crippen LogP contribution in [0.15, 0.2) is 41.0 Å². The maximum Gasteiger partial charge on any atom is 0.363 e. The first-order chi connectivity index (χ1) is 13.5. The molecule has 1 aliphatic rings. The minimum atomic E-state index is -0.603. The SMILES string of the molecule is COc1cc(OC)c(OC)cc1C=C1N=C(c2cc(Cl)ccc2OC)OC1=O. The first-order valence-corrected chi connectivity index (χ1v) is 8.55. The molecular formula is C20H18ClNO6. The Morgan fingerprint density at radius 3 is 2.18 bits per heavy atom. The van der Waals surface area contributed by atoms with E-state index in [0.29, 0.717) is 39.1 Å². The Balaban J connectivity index is 2.06. The maximum atomic E-state index is 12.3. The van der Waals surface area contributed by atoms with Gasteiger partial charge in [-0.2, -0.15) is 0 Å². The molecule has 0 saturated carbocycles. The molecule has 0 amide bonds. The molecule has 3 rings (SSSR count). The van der Waals surface area contributed by atoms with Gasteiger partial charge in [0.1, 0.15) is 11.5 Å². The third-order valence-electron chi connectivity index (χ3n) is 4.04. The normalized spacial score (nSPS) is 14.5. The van der Waals surface area contributed by atoms with Crippen molar-refractivity contribution in [1.82, 2.24) is 0 Å². The number of nitrogens with zero attached hydrogens (tertiary/aromatic N) is 1. The first kappa shape index (κ1) is 19.6. The van der Waals surface area contributed by atoms with Crippen molar-refractivity contribution in [1.29, 1.82) is 0 Å². The molecule has 0 unspecified atom stereocenters. The maximum absolute atomic E-state index is 12.3. The van der Waals surface area contributed by atoms with E-state index in [9.17, 15) is 4.79 Å². The van der Waals surface area contributed by atoms with Crippen molar-refractivity contribution in [3.63, 3.8) is 0 Å². The second-order valence-corrected chi connectivity index (χ2v) is 6.07. The highest BCUT2D eigenvalue weighted by Gasteiger charge is 2.27. The van der Waals surface area contributed by atoms with Gasteiger partial charge in [0.2, 0.25) is 5.90 Å². The second kappa shape index (κ2) is 8.22. The third kappa shape index (κ3) is 3.75. The molecule has 0 N–H and O–H groups in total. The number of ether oxygens (including phenoxy) is 5. The number of hydrogen-bond donors (Lipinski definition) is 0. The molecule has 28 heavy (non-hydrogen) atoms. The van der Waals surface area contributed by atoms with E-state index in [2.05, 4.69) is 4.99 Å². The van der Waals surface area contributed by atoms with E-state index in [4.69, 9.17) is 35.3 Å². The standard InChI is InChI=1S/C20H18ClNO6/c1-24-15-6-5-12(21)9-13(15)19-22-14(20(23)28-19)7-11-8-17(26-3)18(27-4)10-16(11)25-2/h5-10H,1-4H3. The van der Waals surface area contributed by atoms with Crippen molar-refractivity contribution in [2.45, 2.75) is 0 Å². The van der Waals surface area contributed by atoms with Crippen LogP contribution in [0, 0.1) is 0 Å². The molecule has 2 aromatic rings. The number of aliphatic imine (C=N–C) groups is 1. The van der Waals surface area contributed by atoms with Gasteiger partial charge in [0.05, 0.1) is 34.0 Å². The summed E-state index contributed by atoms with van der Waals surface area (Å²) in [6, 6.07) is 8.31. The van der Waals surface area contributed by atoms with Gasteiger partial charge in [-0.1, -0.05) is 11.6 Å². The number of esters is 1. The third-order valence-corrected chi connectivity index (χ3v) is 4.28. The van der Waals surface area contributed by atoms with Gasteiger partial charge in [-0.3, -0.25) is 0 Å². The van der Waals surface area contributed by atoms with Crippen LogP contribution in [0.5, 0.6) is 23.0 Å². The Kier molecular flexibility index (Phi) is 5.75. The van der Waals surface area contributed by atoms with Crippen LogP contribution >= 0.6 is 11.6 Å². The highest BCUT2D eigenvalue weighted by Crippen LogP contribution is 2.36. The molecular weight excluding hydrogens is 386 g/mol. The molecule has 8 heteroatoms. The predicted molar refractivity (Wildman–Crippen MR) is 105 cm³/mol. The van der Waals surface area contributed by atoms with Crippen molar-refractivity contribution < 1.29 is 28.5 Å². The Hall–Kier alpha value is -3.19. The predicted octanol–water partition coefficient (Wildman–Crippen LogP) is 3.72. The van der Waals surface area contributed by atoms with Gasteiger partial charge in [0.15, 0.2) is 17.2 Å². The van der Waals surface area contributed by atoms with Crippen LogP contribution in [0.1, 0.15) is 11.1 Å². The highest BCUT2D eigenvalue weighted by molar-refractivity contribution is 6.31. The van der Waals surface area contributed by atoms with E-state index in [1.165, 1.54) is 28.4 Å². The van der Waals surface area contributed by atoms with Gasteiger partial charge >= 0.3 is 5.97 Å². The van der Waals surface area contributed by atoms with Crippen LogP contribution in [-0.2, 0) is 9.53 Å². The van der Waals surface area contributed by atoms with Crippen LogP contribution in [0.2, 0.25) is 5.02 Å². The zero-order valence-corrected chi connectivity index (χ0v) is 16.5. The first-order valence-electron chi connectivity index (χ1n) is 8.17. The van der Waals surface area contributed by atoms with E-state index in [0.717, 1.165) is 0 Å². The van der Waals surface area contributed by atoms with Crippen molar-refractivity contribution in [3.05, 3.63) is 52.2 Å². The topological polar surface area (TPSA) is 75.6 Å². The van der Waals surface area contributed by atoms with E-state index in [1.807, 2.05) is 0 Å². The Morgan fingerprint density at radius 2 is 1.54 bits per heavy atom. The van der Waals surface area contributed by atoms with Crippen LogP contribution in [0.3, 0.4) is 0 Å². The summed E-state index contributed by atoms with van der Waals surface area (Å²) in [4.78, 5) is 16.6. The van der Waals surface area contributed by atoms with Crippen molar-refractivity contribution >= 4 is 29.5 Å². The van der Waals surface area contributed by atoms with Crippen LogP contribution in [-0.4, -0.2) is 40.3 Å². The van der Waals surface area contributed by atoms with Gasteiger partial charge in [0.25, 0.3) is 0 Å². The molecule has 0 atom stereocenters. The number of carbonyl (C=O) groups is 1. The van der Waals surface area contributed by atoms with Gasteiger partial charge in [-0.25, -0.2) is 9.79 Å². The monoisotopic (exact) mass is 403 g/mol. The van der Waals surface area contributed by atoms with E-state index >= 15 is 0 Å². The fourth-order valence-corrected chi connectivity index (χ4v) is 2.86. The zero-order valence-electron chi connectivity index (χ0n) is 15.7. The van der Waals surface area contributed by atoms with Crippen molar-refractivity contribution in [3.8, 4) is 23.0 Å². The Bertz CT molecular complexity index is 983. The number of carbonyl (C=O) groups excluding carboxylic acids is 1. The lowest BCUT2D eigenvalue weighted by molar-refractivity contribution is -0.129. The van der Waals surface area contributed by atoms with E-state index in [-0.39, 0.29) is 11.6 Å². The fourth-order valence-electron chi connectivity index (χ4n) is 2.68. The summed E-state index contributed by atoms with van der Waals surface area (Å²) in [5.41, 5.74) is 1.16. The molecule has 146 valence electrons. The van der Waals surface area contributed by atoms with Gasteiger partial charge in [0, 0.05) is 16.7 Å². The lowest BCUT2D eigenvalue weighted by atomic mass is 10.1. The highest BCUT2D eigenvalue weighted by atomic mass is 35.5. The summed E-state index contributed by atoms with van der Waals surface area (Å²) in [7, 11) is 6.07. The Labute approximate surface area is 167 Å². The van der Waals surface area contributed by atoms with Crippen LogP contribution in [0.25, 0.3) is 6.08 Å². The van der Waals surface area contributed by atoms with Gasteiger partial charge < -0.3 is 23.7 Å². The van der Waals surface area contributed by atoms with Gasteiger partial charge in [-0.05, 0) is 30.3 Å². The lowest BCUT2D eigenvalue weighted by Gasteiger charge is -2.12. The zero-order chi connectivity index (χ0) is 20.3. The summed E-state index contributed by atoms with van der Waals surface area (Å²) in [6.45, 7) is 0. The summed E-state index contributed by atoms with van der Waals surface area (Å²) in [5.74, 6) is 1.47. The average molecular weight is 404 g/mol. The number of halogens is 1. The largest absolute Gasteiger partial charge is 0.496 e. The van der Waals surface area contributed by atoms with Crippen molar-refractivity contribution in [2.75, 3.05) is 28.4 Å². The molecule has 0 bridgehead atoms. The Morgan fingerprint density at radius 1 is 0.893 bits per heavy atom. The molecule has 0 spiro atoms. The summed E-state index contributed by atoms with van der Waals surface area (Å²) >= 11 is 6.05. The second-order valence-electron chi connectivity index (χ2n) is 5.63. The van der Waals surface area contributed by atoms with Gasteiger partial charge in [-0.15, -0.1) is 0 Å². The number of methoxy groups -OCH3 is 4. The molecule has 0 saturated heterocycles. The minimum absolute atomic E-state index is 0.0996. The number of benzene rings is 2.